The maximum atomic E-state index is 12.5. The number of hydrogen-bond donors (Lipinski definition) is 1. The summed E-state index contributed by atoms with van der Waals surface area (Å²) in [5, 5.41) is 11.9. The molecule has 0 saturated carbocycles. The molecule has 2 nitrogen and oxygen atoms in total. The highest BCUT2D eigenvalue weighted by atomic mass is 19.4. The predicted octanol–water partition coefficient (Wildman–Crippen LogP) is 4.30. The van der Waals surface area contributed by atoms with E-state index >= 15 is 0 Å². The quantitative estimate of drug-likeness (QED) is 0.362. The van der Waals surface area contributed by atoms with Crippen molar-refractivity contribution in [3.63, 3.8) is 0 Å². The van der Waals surface area contributed by atoms with Crippen LogP contribution in [0.3, 0.4) is 0 Å². The minimum Gasteiger partial charge on any atom is -0.411 e. The Morgan fingerprint density at radius 3 is 2.23 bits per heavy atom. The van der Waals surface area contributed by atoms with E-state index in [0.717, 1.165) is 17.7 Å². The number of rotatable bonds is 1. The fourth-order valence-electron chi connectivity index (χ4n) is 1.77. The summed E-state index contributed by atoms with van der Waals surface area (Å²) < 4.78 is 37.4. The van der Waals surface area contributed by atoms with Crippen molar-refractivity contribution < 1.29 is 18.4 Å². The Morgan fingerprint density at radius 2 is 1.64 bits per heavy atom. The molecule has 0 saturated heterocycles. The molecule has 5 heteroatoms. The van der Waals surface area contributed by atoms with Crippen LogP contribution in [-0.4, -0.2) is 10.9 Å². The van der Waals surface area contributed by atoms with Crippen molar-refractivity contribution in [1.29, 1.82) is 0 Å². The Hall–Kier alpha value is -2.74. The molecule has 22 heavy (non-hydrogen) atoms. The highest BCUT2D eigenvalue weighted by molar-refractivity contribution is 5.98. The average molecular weight is 303 g/mol. The van der Waals surface area contributed by atoms with E-state index in [-0.39, 0.29) is 0 Å². The summed E-state index contributed by atoms with van der Waals surface area (Å²) in [6.07, 6.45) is -4.35. The molecule has 0 amide bonds. The van der Waals surface area contributed by atoms with Gasteiger partial charge in [-0.15, -0.1) is 0 Å². The van der Waals surface area contributed by atoms with Crippen molar-refractivity contribution in [1.82, 2.24) is 0 Å². The fourth-order valence-corrected chi connectivity index (χ4v) is 1.77. The molecular weight excluding hydrogens is 291 g/mol. The molecule has 112 valence electrons. The highest BCUT2D eigenvalue weighted by Gasteiger charge is 2.29. The summed E-state index contributed by atoms with van der Waals surface area (Å²) in [7, 11) is 0. The summed E-state index contributed by atoms with van der Waals surface area (Å²) in [6.45, 7) is 1.66. The van der Waals surface area contributed by atoms with Crippen molar-refractivity contribution in [3.8, 4) is 11.8 Å². The molecule has 0 atom stereocenters. The van der Waals surface area contributed by atoms with Crippen LogP contribution >= 0.6 is 0 Å². The molecule has 0 aromatic heterocycles. The fraction of sp³-hybridized carbons (Fsp3) is 0.118. The third-order valence-corrected chi connectivity index (χ3v) is 2.99. The Balaban J connectivity index is 2.24. The molecule has 0 fully saturated rings. The van der Waals surface area contributed by atoms with Gasteiger partial charge in [-0.05, 0) is 43.3 Å². The van der Waals surface area contributed by atoms with E-state index in [2.05, 4.69) is 17.0 Å². The second-order valence-electron chi connectivity index (χ2n) is 4.59. The molecule has 0 aliphatic carbocycles. The molecule has 1 N–H and O–H groups in total. The van der Waals surface area contributed by atoms with E-state index in [4.69, 9.17) is 5.21 Å². The number of hydrogen-bond acceptors (Lipinski definition) is 2. The van der Waals surface area contributed by atoms with Crippen LogP contribution in [0.4, 0.5) is 13.2 Å². The minimum atomic E-state index is -4.35. The van der Waals surface area contributed by atoms with Crippen LogP contribution in [0.5, 0.6) is 0 Å². The van der Waals surface area contributed by atoms with Gasteiger partial charge < -0.3 is 5.21 Å². The third kappa shape index (κ3) is 3.89. The largest absolute Gasteiger partial charge is 0.416 e. The van der Waals surface area contributed by atoms with Crippen molar-refractivity contribution in [2.75, 3.05) is 0 Å². The van der Waals surface area contributed by atoms with E-state index in [1.165, 1.54) is 12.1 Å². The lowest BCUT2D eigenvalue weighted by atomic mass is 10.1. The molecule has 0 bridgehead atoms. The van der Waals surface area contributed by atoms with Crippen LogP contribution in [0.15, 0.2) is 53.7 Å². The molecule has 2 aromatic carbocycles. The summed E-state index contributed by atoms with van der Waals surface area (Å²) in [5.41, 5.74) is 1.65. The monoisotopic (exact) mass is 303 g/mol. The van der Waals surface area contributed by atoms with Gasteiger partial charge in [-0.3, -0.25) is 0 Å². The van der Waals surface area contributed by atoms with E-state index in [1.54, 1.807) is 31.2 Å². The lowest BCUT2D eigenvalue weighted by Gasteiger charge is -2.05. The Labute approximate surface area is 125 Å². The van der Waals surface area contributed by atoms with E-state index in [1.807, 2.05) is 0 Å². The molecular formula is C17H12F3NO. The van der Waals surface area contributed by atoms with Crippen molar-refractivity contribution >= 4 is 5.71 Å². The molecule has 0 unspecified atom stereocenters. The van der Waals surface area contributed by atoms with Gasteiger partial charge in [-0.1, -0.05) is 29.1 Å². The van der Waals surface area contributed by atoms with Gasteiger partial charge >= 0.3 is 6.18 Å². The molecule has 0 aliphatic heterocycles. The van der Waals surface area contributed by atoms with Crippen LogP contribution in [0, 0.1) is 11.8 Å². The van der Waals surface area contributed by atoms with Gasteiger partial charge in [0.15, 0.2) is 0 Å². The number of halogens is 3. The standard InChI is InChI=1S/C17H12F3NO/c1-12(21-22)15-4-2-3-14(11-15)6-5-13-7-9-16(10-8-13)17(18,19)20/h2-4,7-11,22H,1H3. The van der Waals surface area contributed by atoms with Gasteiger partial charge in [0.2, 0.25) is 0 Å². The molecule has 0 heterocycles. The summed E-state index contributed by atoms with van der Waals surface area (Å²) in [5.74, 6) is 5.67. The smallest absolute Gasteiger partial charge is 0.411 e. The van der Waals surface area contributed by atoms with Gasteiger partial charge in [0.25, 0.3) is 0 Å². The van der Waals surface area contributed by atoms with Crippen molar-refractivity contribution in [3.05, 3.63) is 70.8 Å². The topological polar surface area (TPSA) is 32.6 Å². The molecule has 0 radical (unpaired) electrons. The summed E-state index contributed by atoms with van der Waals surface area (Å²) in [4.78, 5) is 0. The first-order valence-electron chi connectivity index (χ1n) is 6.38. The first kappa shape index (κ1) is 15.6. The third-order valence-electron chi connectivity index (χ3n) is 2.99. The second kappa shape index (κ2) is 6.35. The lowest BCUT2D eigenvalue weighted by molar-refractivity contribution is -0.137. The number of nitrogens with zero attached hydrogens (tertiary/aromatic N) is 1. The van der Waals surface area contributed by atoms with Crippen LogP contribution < -0.4 is 0 Å². The minimum absolute atomic E-state index is 0.457. The molecule has 2 aromatic rings. The van der Waals surface area contributed by atoms with Crippen LogP contribution in [-0.2, 0) is 6.18 Å². The van der Waals surface area contributed by atoms with Crippen molar-refractivity contribution in [2.24, 2.45) is 5.16 Å². The van der Waals surface area contributed by atoms with Gasteiger partial charge in [0.1, 0.15) is 0 Å². The second-order valence-corrected chi connectivity index (χ2v) is 4.59. The first-order valence-corrected chi connectivity index (χ1v) is 6.38. The summed E-state index contributed by atoms with van der Waals surface area (Å²) in [6, 6.07) is 11.7. The van der Waals surface area contributed by atoms with E-state index in [0.29, 0.717) is 16.8 Å². The van der Waals surface area contributed by atoms with Gasteiger partial charge in [0.05, 0.1) is 11.3 Å². The van der Waals surface area contributed by atoms with E-state index in [9.17, 15) is 13.2 Å². The number of oxime groups is 1. The van der Waals surface area contributed by atoms with Crippen LogP contribution in [0.2, 0.25) is 0 Å². The maximum absolute atomic E-state index is 12.5. The van der Waals surface area contributed by atoms with Gasteiger partial charge in [-0.2, -0.15) is 13.2 Å². The SMILES string of the molecule is CC(=NO)c1cccc(C#Cc2ccc(C(F)(F)F)cc2)c1. The normalized spacial score (nSPS) is 11.7. The van der Waals surface area contributed by atoms with Gasteiger partial charge in [-0.25, -0.2) is 0 Å². The molecule has 2 rings (SSSR count). The Kier molecular flexibility index (Phi) is 4.52. The predicted molar refractivity (Wildman–Crippen MR) is 77.9 cm³/mol. The zero-order valence-electron chi connectivity index (χ0n) is 11.6. The summed E-state index contributed by atoms with van der Waals surface area (Å²) >= 11 is 0. The van der Waals surface area contributed by atoms with E-state index < -0.39 is 11.7 Å². The Bertz CT molecular complexity index is 750. The lowest BCUT2D eigenvalue weighted by Crippen LogP contribution is -2.04. The molecule has 0 aliphatic rings. The zero-order chi connectivity index (χ0) is 16.2. The van der Waals surface area contributed by atoms with Crippen LogP contribution in [0.25, 0.3) is 0 Å². The maximum Gasteiger partial charge on any atom is 0.416 e. The zero-order valence-corrected chi connectivity index (χ0v) is 11.6. The van der Waals surface area contributed by atoms with Crippen molar-refractivity contribution in [2.45, 2.75) is 13.1 Å². The van der Waals surface area contributed by atoms with Gasteiger partial charge in [0, 0.05) is 16.7 Å². The molecule has 0 spiro atoms. The van der Waals surface area contributed by atoms with Crippen LogP contribution in [0.1, 0.15) is 29.2 Å². The number of benzene rings is 2. The Morgan fingerprint density at radius 1 is 1.00 bits per heavy atom. The highest BCUT2D eigenvalue weighted by Crippen LogP contribution is 2.28. The average Bonchev–Trinajstić information content (AvgIpc) is 2.52. The number of alkyl halides is 3. The first-order chi connectivity index (χ1) is 10.4.